The van der Waals surface area contributed by atoms with Gasteiger partial charge < -0.3 is 5.73 Å². The van der Waals surface area contributed by atoms with Crippen molar-refractivity contribution >= 4 is 26.8 Å². The van der Waals surface area contributed by atoms with Crippen molar-refractivity contribution in [3.8, 4) is 0 Å². The van der Waals surface area contributed by atoms with Crippen molar-refractivity contribution in [1.29, 1.82) is 0 Å². The highest BCUT2D eigenvalue weighted by Gasteiger charge is 2.15. The Morgan fingerprint density at radius 3 is 2.48 bits per heavy atom. The molecule has 2 aromatic carbocycles. The normalized spacial score (nSPS) is 11.7. The van der Waals surface area contributed by atoms with Crippen LogP contribution in [0.4, 0.5) is 0 Å². The average Bonchev–Trinajstić information content (AvgIpc) is 2.94. The van der Waals surface area contributed by atoms with Crippen molar-refractivity contribution in [2.45, 2.75) is 18.4 Å². The first kappa shape index (κ1) is 17.1. The van der Waals surface area contributed by atoms with Crippen molar-refractivity contribution in [1.82, 2.24) is 14.5 Å². The Bertz CT molecular complexity index is 1020. The van der Waals surface area contributed by atoms with Crippen LogP contribution < -0.4 is 10.5 Å². The molecule has 0 atom stereocenters. The van der Waals surface area contributed by atoms with Crippen LogP contribution in [0, 0.1) is 0 Å². The summed E-state index contributed by atoms with van der Waals surface area (Å²) in [5.74, 6) is -0.581. The lowest BCUT2D eigenvalue weighted by Crippen LogP contribution is -2.23. The van der Waals surface area contributed by atoms with Gasteiger partial charge in [-0.3, -0.25) is 9.48 Å². The molecule has 0 aliphatic heterocycles. The molecule has 1 aromatic heterocycles. The number of carbonyl (C=O) groups is 1. The number of hydrogen-bond donors (Lipinski definition) is 2. The number of carbonyl (C=O) groups excluding carboxylic acids is 1. The maximum Gasteiger partial charge on any atom is 0.269 e. The van der Waals surface area contributed by atoms with Gasteiger partial charge in [-0.2, -0.15) is 5.10 Å². The highest BCUT2D eigenvalue weighted by Crippen LogP contribution is 2.20. The molecule has 0 aliphatic rings. The lowest BCUT2D eigenvalue weighted by Gasteiger charge is -2.07. The Hall–Kier alpha value is -2.71. The molecule has 0 radical (unpaired) electrons. The molecule has 0 unspecified atom stereocenters. The van der Waals surface area contributed by atoms with Crippen LogP contribution in [0.3, 0.4) is 0 Å². The number of rotatable bonds is 6. The van der Waals surface area contributed by atoms with Gasteiger partial charge in [-0.1, -0.05) is 37.3 Å². The Kier molecular flexibility index (Phi) is 4.56. The van der Waals surface area contributed by atoms with Crippen LogP contribution in [-0.2, 0) is 16.6 Å². The number of hydrogen-bond acceptors (Lipinski definition) is 4. The maximum absolute atomic E-state index is 12.0. The second-order valence-corrected chi connectivity index (χ2v) is 7.30. The second kappa shape index (κ2) is 6.66. The molecule has 130 valence electrons. The summed E-state index contributed by atoms with van der Waals surface area (Å²) in [7, 11) is -3.48. The van der Waals surface area contributed by atoms with Gasteiger partial charge in [0, 0.05) is 11.9 Å². The van der Waals surface area contributed by atoms with E-state index < -0.39 is 15.9 Å². The minimum absolute atomic E-state index is 0.209. The molecule has 0 spiro atoms. The van der Waals surface area contributed by atoms with Gasteiger partial charge in [0.15, 0.2) is 5.69 Å². The van der Waals surface area contributed by atoms with E-state index in [1.807, 2.05) is 18.2 Å². The standard InChI is InChI=1S/C17H18N4O3S/c1-2-19-25(23,24)13-9-7-12(8-10-13)11-21-15-6-4-3-5-14(15)16(20-21)17(18)22/h3-10,19H,2,11H2,1H3,(H2,18,22). The molecular formula is C17H18N4O3S. The highest BCUT2D eigenvalue weighted by molar-refractivity contribution is 7.89. The number of sulfonamides is 1. The van der Waals surface area contributed by atoms with Crippen LogP contribution in [0.25, 0.3) is 10.9 Å². The number of nitrogens with one attached hydrogen (secondary N) is 1. The van der Waals surface area contributed by atoms with E-state index in [-0.39, 0.29) is 10.6 Å². The van der Waals surface area contributed by atoms with E-state index in [1.165, 1.54) is 0 Å². The first-order chi connectivity index (χ1) is 11.9. The molecule has 0 saturated carbocycles. The zero-order valence-electron chi connectivity index (χ0n) is 13.6. The van der Waals surface area contributed by atoms with Crippen LogP contribution in [0.15, 0.2) is 53.4 Å². The smallest absolute Gasteiger partial charge is 0.269 e. The van der Waals surface area contributed by atoms with Crippen molar-refractivity contribution in [2.75, 3.05) is 6.54 Å². The number of nitrogens with zero attached hydrogens (tertiary/aromatic N) is 2. The third-order valence-corrected chi connectivity index (χ3v) is 5.35. The topological polar surface area (TPSA) is 107 Å². The summed E-state index contributed by atoms with van der Waals surface area (Å²) in [6.45, 7) is 2.46. The fraction of sp³-hybridized carbons (Fsp3) is 0.176. The summed E-state index contributed by atoms with van der Waals surface area (Å²) in [6, 6.07) is 13.9. The maximum atomic E-state index is 12.0. The highest BCUT2D eigenvalue weighted by atomic mass is 32.2. The van der Waals surface area contributed by atoms with E-state index in [0.29, 0.717) is 18.5 Å². The molecule has 1 heterocycles. The third kappa shape index (κ3) is 3.40. The average molecular weight is 358 g/mol. The molecule has 0 fully saturated rings. The van der Waals surface area contributed by atoms with Crippen molar-refractivity contribution in [3.05, 3.63) is 59.8 Å². The fourth-order valence-electron chi connectivity index (χ4n) is 2.65. The third-order valence-electron chi connectivity index (χ3n) is 3.79. The largest absolute Gasteiger partial charge is 0.364 e. The van der Waals surface area contributed by atoms with Crippen molar-refractivity contribution in [2.24, 2.45) is 5.73 Å². The molecule has 8 heteroatoms. The summed E-state index contributed by atoms with van der Waals surface area (Å²) >= 11 is 0. The van der Waals surface area contributed by atoms with E-state index in [9.17, 15) is 13.2 Å². The van der Waals surface area contributed by atoms with E-state index >= 15 is 0 Å². The zero-order chi connectivity index (χ0) is 18.0. The van der Waals surface area contributed by atoms with Crippen molar-refractivity contribution in [3.63, 3.8) is 0 Å². The second-order valence-electron chi connectivity index (χ2n) is 5.53. The van der Waals surface area contributed by atoms with Crippen LogP contribution in [-0.4, -0.2) is 30.7 Å². The quantitative estimate of drug-likeness (QED) is 0.696. The molecule has 0 bridgehead atoms. The summed E-state index contributed by atoms with van der Waals surface area (Å²) < 4.78 is 28.1. The number of para-hydroxylation sites is 1. The predicted octanol–water partition coefficient (Wildman–Crippen LogP) is 1.48. The predicted molar refractivity (Wildman–Crippen MR) is 94.7 cm³/mol. The van der Waals surface area contributed by atoms with Crippen LogP contribution in [0.1, 0.15) is 23.0 Å². The molecule has 25 heavy (non-hydrogen) atoms. The van der Waals surface area contributed by atoms with Crippen LogP contribution in [0.5, 0.6) is 0 Å². The molecule has 0 saturated heterocycles. The van der Waals surface area contributed by atoms with Gasteiger partial charge in [-0.25, -0.2) is 13.1 Å². The molecule has 3 aromatic rings. The van der Waals surface area contributed by atoms with Crippen molar-refractivity contribution < 1.29 is 13.2 Å². The summed E-state index contributed by atoms with van der Waals surface area (Å²) in [4.78, 5) is 11.8. The van der Waals surface area contributed by atoms with Gasteiger partial charge in [0.2, 0.25) is 10.0 Å². The molecule has 3 rings (SSSR count). The lowest BCUT2D eigenvalue weighted by molar-refractivity contribution is 0.0996. The number of amides is 1. The minimum Gasteiger partial charge on any atom is -0.364 e. The minimum atomic E-state index is -3.48. The number of benzene rings is 2. The van der Waals surface area contributed by atoms with Gasteiger partial charge in [-0.15, -0.1) is 0 Å². The fourth-order valence-corrected chi connectivity index (χ4v) is 3.69. The summed E-state index contributed by atoms with van der Waals surface area (Å²) in [5, 5.41) is 4.99. The van der Waals surface area contributed by atoms with Gasteiger partial charge in [0.25, 0.3) is 5.91 Å². The molecule has 7 nitrogen and oxygen atoms in total. The summed E-state index contributed by atoms with van der Waals surface area (Å²) in [5.41, 5.74) is 7.27. The van der Waals surface area contributed by atoms with E-state index in [0.717, 1.165) is 11.1 Å². The molecular weight excluding hydrogens is 340 g/mol. The monoisotopic (exact) mass is 358 g/mol. The molecule has 3 N–H and O–H groups in total. The SMILES string of the molecule is CCNS(=O)(=O)c1ccc(Cn2nc(C(N)=O)c3ccccc32)cc1. The van der Waals surface area contributed by atoms with Gasteiger partial charge in [0.1, 0.15) is 0 Å². The van der Waals surface area contributed by atoms with Crippen LogP contribution in [0.2, 0.25) is 0 Å². The van der Waals surface area contributed by atoms with Gasteiger partial charge in [0.05, 0.1) is 17.0 Å². The number of nitrogens with two attached hydrogens (primary N) is 1. The van der Waals surface area contributed by atoms with Crippen LogP contribution >= 0.6 is 0 Å². The number of fused-ring (bicyclic) bond motifs is 1. The Labute approximate surface area is 145 Å². The number of primary amides is 1. The van der Waals surface area contributed by atoms with Gasteiger partial charge in [-0.05, 0) is 23.8 Å². The Morgan fingerprint density at radius 2 is 1.84 bits per heavy atom. The summed E-state index contributed by atoms with van der Waals surface area (Å²) in [6.07, 6.45) is 0. The van der Waals surface area contributed by atoms with E-state index in [4.69, 9.17) is 5.73 Å². The molecule has 0 aliphatic carbocycles. The Balaban J connectivity index is 1.93. The molecule has 1 amide bonds. The Morgan fingerprint density at radius 1 is 1.16 bits per heavy atom. The number of aromatic nitrogens is 2. The first-order valence-electron chi connectivity index (χ1n) is 7.76. The zero-order valence-corrected chi connectivity index (χ0v) is 14.5. The van der Waals surface area contributed by atoms with E-state index in [1.54, 1.807) is 41.9 Å². The first-order valence-corrected chi connectivity index (χ1v) is 9.24. The van der Waals surface area contributed by atoms with Gasteiger partial charge >= 0.3 is 0 Å². The van der Waals surface area contributed by atoms with E-state index in [2.05, 4.69) is 9.82 Å². The lowest BCUT2D eigenvalue weighted by atomic mass is 10.2.